The summed E-state index contributed by atoms with van der Waals surface area (Å²) in [5, 5.41) is 6.89. The predicted octanol–water partition coefficient (Wildman–Crippen LogP) is 1.93. The number of hydrogen-bond donors (Lipinski definition) is 3. The van der Waals surface area contributed by atoms with E-state index in [4.69, 9.17) is 0 Å². The third-order valence-electron chi connectivity index (χ3n) is 3.55. The monoisotopic (exact) mass is 311 g/mol. The SMILES string of the molecule is CC(C)NS(=O)(=O)c1ccc(NC2CCNC(C)C2)cc1. The molecule has 1 aromatic carbocycles. The van der Waals surface area contributed by atoms with Crippen LogP contribution in [0.15, 0.2) is 29.2 Å². The van der Waals surface area contributed by atoms with Crippen molar-refractivity contribution in [2.45, 2.75) is 56.6 Å². The molecule has 118 valence electrons. The molecule has 1 aliphatic rings. The quantitative estimate of drug-likeness (QED) is 0.777. The van der Waals surface area contributed by atoms with Crippen LogP contribution in [0.5, 0.6) is 0 Å². The molecule has 1 aliphatic heterocycles. The Morgan fingerprint density at radius 1 is 1.24 bits per heavy atom. The second-order valence-electron chi connectivity index (χ2n) is 6.02. The van der Waals surface area contributed by atoms with Crippen molar-refractivity contribution >= 4 is 15.7 Å². The highest BCUT2D eigenvalue weighted by Crippen LogP contribution is 2.18. The number of nitrogens with one attached hydrogen (secondary N) is 3. The minimum Gasteiger partial charge on any atom is -0.382 e. The van der Waals surface area contributed by atoms with Gasteiger partial charge in [0, 0.05) is 23.8 Å². The van der Waals surface area contributed by atoms with Crippen molar-refractivity contribution in [2.75, 3.05) is 11.9 Å². The summed E-state index contributed by atoms with van der Waals surface area (Å²) in [5.41, 5.74) is 0.970. The highest BCUT2D eigenvalue weighted by molar-refractivity contribution is 7.89. The molecule has 6 heteroatoms. The zero-order chi connectivity index (χ0) is 15.5. The van der Waals surface area contributed by atoms with Crippen LogP contribution in [0.4, 0.5) is 5.69 Å². The van der Waals surface area contributed by atoms with Crippen LogP contribution < -0.4 is 15.4 Å². The minimum absolute atomic E-state index is 0.107. The van der Waals surface area contributed by atoms with Gasteiger partial charge in [0.15, 0.2) is 0 Å². The van der Waals surface area contributed by atoms with Gasteiger partial charge < -0.3 is 10.6 Å². The lowest BCUT2D eigenvalue weighted by atomic mass is 10.0. The summed E-state index contributed by atoms with van der Waals surface area (Å²) < 4.78 is 26.7. The van der Waals surface area contributed by atoms with Crippen LogP contribution in [0.3, 0.4) is 0 Å². The van der Waals surface area contributed by atoms with Crippen molar-refractivity contribution in [2.24, 2.45) is 0 Å². The molecule has 0 radical (unpaired) electrons. The lowest BCUT2D eigenvalue weighted by molar-refractivity contribution is 0.396. The maximum atomic E-state index is 12.0. The van der Waals surface area contributed by atoms with E-state index < -0.39 is 10.0 Å². The van der Waals surface area contributed by atoms with E-state index >= 15 is 0 Å². The fraction of sp³-hybridized carbons (Fsp3) is 0.600. The summed E-state index contributed by atoms with van der Waals surface area (Å²) in [7, 11) is -3.41. The summed E-state index contributed by atoms with van der Waals surface area (Å²) in [6.07, 6.45) is 2.16. The zero-order valence-electron chi connectivity index (χ0n) is 12.9. The first kappa shape index (κ1) is 16.3. The Bertz CT molecular complexity index is 555. The van der Waals surface area contributed by atoms with E-state index in [1.165, 1.54) is 0 Å². The van der Waals surface area contributed by atoms with Crippen molar-refractivity contribution in [3.8, 4) is 0 Å². The molecule has 3 N–H and O–H groups in total. The van der Waals surface area contributed by atoms with E-state index in [-0.39, 0.29) is 6.04 Å². The van der Waals surface area contributed by atoms with E-state index in [2.05, 4.69) is 22.3 Å². The van der Waals surface area contributed by atoms with Crippen LogP contribution in [-0.2, 0) is 10.0 Å². The summed E-state index contributed by atoms with van der Waals surface area (Å²) in [5.74, 6) is 0. The summed E-state index contributed by atoms with van der Waals surface area (Å²) in [4.78, 5) is 0.306. The molecule has 1 aromatic rings. The average molecular weight is 311 g/mol. The Labute approximate surface area is 127 Å². The van der Waals surface area contributed by atoms with Gasteiger partial charge in [0.05, 0.1) is 4.90 Å². The average Bonchev–Trinajstić information content (AvgIpc) is 2.38. The van der Waals surface area contributed by atoms with Gasteiger partial charge in [-0.2, -0.15) is 0 Å². The topological polar surface area (TPSA) is 70.2 Å². The van der Waals surface area contributed by atoms with Crippen LogP contribution in [0.25, 0.3) is 0 Å². The lowest BCUT2D eigenvalue weighted by Gasteiger charge is -2.29. The Morgan fingerprint density at radius 2 is 1.90 bits per heavy atom. The predicted molar refractivity (Wildman–Crippen MR) is 86.0 cm³/mol. The van der Waals surface area contributed by atoms with Crippen molar-refractivity contribution in [3.05, 3.63) is 24.3 Å². The Kier molecular flexibility index (Phi) is 5.24. The Morgan fingerprint density at radius 3 is 2.48 bits per heavy atom. The second-order valence-corrected chi connectivity index (χ2v) is 7.74. The van der Waals surface area contributed by atoms with Crippen molar-refractivity contribution < 1.29 is 8.42 Å². The normalized spacial score (nSPS) is 23.2. The molecule has 0 saturated carbocycles. The van der Waals surface area contributed by atoms with Gasteiger partial charge in [0.1, 0.15) is 0 Å². The first-order chi connectivity index (χ1) is 9.87. The number of anilines is 1. The summed E-state index contributed by atoms with van der Waals surface area (Å²) >= 11 is 0. The van der Waals surface area contributed by atoms with Crippen molar-refractivity contribution in [1.82, 2.24) is 10.0 Å². The number of hydrogen-bond acceptors (Lipinski definition) is 4. The van der Waals surface area contributed by atoms with Crippen LogP contribution in [-0.4, -0.2) is 33.1 Å². The van der Waals surface area contributed by atoms with Crippen LogP contribution in [0, 0.1) is 0 Å². The van der Waals surface area contributed by atoms with Gasteiger partial charge in [0.2, 0.25) is 10.0 Å². The van der Waals surface area contributed by atoms with Gasteiger partial charge in [-0.05, 0) is 64.4 Å². The van der Waals surface area contributed by atoms with Gasteiger partial charge >= 0.3 is 0 Å². The molecule has 0 aliphatic carbocycles. The van der Waals surface area contributed by atoms with E-state index in [0.29, 0.717) is 17.0 Å². The first-order valence-electron chi connectivity index (χ1n) is 7.49. The molecule has 0 bridgehead atoms. The maximum Gasteiger partial charge on any atom is 0.240 e. The molecular formula is C15H25N3O2S. The van der Waals surface area contributed by atoms with Gasteiger partial charge in [0.25, 0.3) is 0 Å². The number of piperidine rings is 1. The summed E-state index contributed by atoms with van der Waals surface area (Å²) in [6.45, 7) is 6.82. The van der Waals surface area contributed by atoms with Crippen LogP contribution in [0.1, 0.15) is 33.6 Å². The molecule has 1 saturated heterocycles. The van der Waals surface area contributed by atoms with Gasteiger partial charge in [-0.1, -0.05) is 0 Å². The molecular weight excluding hydrogens is 286 g/mol. The van der Waals surface area contributed by atoms with Crippen molar-refractivity contribution in [3.63, 3.8) is 0 Å². The largest absolute Gasteiger partial charge is 0.382 e. The highest BCUT2D eigenvalue weighted by atomic mass is 32.2. The van der Waals surface area contributed by atoms with E-state index in [1.807, 2.05) is 26.0 Å². The number of sulfonamides is 1. The van der Waals surface area contributed by atoms with E-state index in [9.17, 15) is 8.42 Å². The molecule has 1 heterocycles. The second kappa shape index (κ2) is 6.77. The van der Waals surface area contributed by atoms with Gasteiger partial charge in [-0.25, -0.2) is 13.1 Å². The molecule has 5 nitrogen and oxygen atoms in total. The third-order valence-corrected chi connectivity index (χ3v) is 5.22. The van der Waals surface area contributed by atoms with Crippen LogP contribution >= 0.6 is 0 Å². The fourth-order valence-corrected chi connectivity index (χ4v) is 3.86. The number of benzene rings is 1. The van der Waals surface area contributed by atoms with Crippen LogP contribution in [0.2, 0.25) is 0 Å². The standard InChI is InChI=1S/C15H25N3O2S/c1-11(2)18-21(19,20)15-6-4-13(5-7-15)17-14-8-9-16-12(3)10-14/h4-7,11-12,14,16-18H,8-10H2,1-3H3. The zero-order valence-corrected chi connectivity index (χ0v) is 13.7. The Hall–Kier alpha value is -1.11. The smallest absolute Gasteiger partial charge is 0.240 e. The van der Waals surface area contributed by atoms with Gasteiger partial charge in [-0.15, -0.1) is 0 Å². The Balaban J connectivity index is 2.02. The fourth-order valence-electron chi connectivity index (χ4n) is 2.61. The van der Waals surface area contributed by atoms with E-state index in [1.54, 1.807) is 12.1 Å². The molecule has 2 atom stereocenters. The van der Waals surface area contributed by atoms with Crippen molar-refractivity contribution in [1.29, 1.82) is 0 Å². The molecule has 21 heavy (non-hydrogen) atoms. The van der Waals surface area contributed by atoms with E-state index in [0.717, 1.165) is 25.1 Å². The maximum absolute atomic E-state index is 12.0. The third kappa shape index (κ3) is 4.69. The lowest BCUT2D eigenvalue weighted by Crippen LogP contribution is -2.41. The molecule has 2 rings (SSSR count). The molecule has 1 fully saturated rings. The molecule has 2 unspecified atom stereocenters. The first-order valence-corrected chi connectivity index (χ1v) is 8.97. The minimum atomic E-state index is -3.41. The van der Waals surface area contributed by atoms with Gasteiger partial charge in [-0.3, -0.25) is 0 Å². The number of rotatable bonds is 5. The molecule has 0 spiro atoms. The summed E-state index contributed by atoms with van der Waals surface area (Å²) in [6, 6.07) is 7.82. The molecule has 0 amide bonds. The highest BCUT2D eigenvalue weighted by Gasteiger charge is 2.19. The molecule has 0 aromatic heterocycles.